The number of hydrogen-bond acceptors (Lipinski definition) is 9. The molecule has 0 aliphatic heterocycles. The lowest BCUT2D eigenvalue weighted by atomic mass is 10.0. The van der Waals surface area contributed by atoms with Crippen LogP contribution in [0.15, 0.2) is 385 Å². The van der Waals surface area contributed by atoms with Crippen molar-refractivity contribution in [2.24, 2.45) is 0 Å². The third-order valence-electron chi connectivity index (χ3n) is 24.5. The minimum absolute atomic E-state index is 0.578. The van der Waals surface area contributed by atoms with Crippen LogP contribution in [0.2, 0.25) is 0 Å². The molecule has 0 radical (unpaired) electrons. The van der Waals surface area contributed by atoms with E-state index in [4.69, 9.17) is 38.7 Å². The van der Waals surface area contributed by atoms with Crippen molar-refractivity contribution >= 4 is 163 Å². The number of fused-ring (bicyclic) bond motifs is 22. The molecule has 0 saturated heterocycles. The average Bonchev–Trinajstić information content (AvgIpc) is 1.55. The van der Waals surface area contributed by atoms with Gasteiger partial charge in [-0.15, -0.1) is 11.3 Å². The van der Waals surface area contributed by atoms with Gasteiger partial charge in [0.1, 0.15) is 16.7 Å². The summed E-state index contributed by atoms with van der Waals surface area (Å²) < 4.78 is 25.8. The van der Waals surface area contributed by atoms with E-state index in [0.717, 1.165) is 193 Å². The molecule has 26 rings (SSSR count). The van der Waals surface area contributed by atoms with Crippen LogP contribution < -0.4 is 0 Å². The molecule has 26 aromatic rings. The van der Waals surface area contributed by atoms with Gasteiger partial charge in [0.05, 0.1) is 44.1 Å². The van der Waals surface area contributed by atoms with Gasteiger partial charge in [-0.25, -0.2) is 29.9 Å². The SMILES string of the molecule is c1ccc(-c2nc(-c3ccccc3)nc(-c3ccc(-n4c5ccccc5c5cc(-n6c7ccccc7c7cc8oc9c(-c%10ccc(-c%11nc(-c%12ccccc%12)nc(-c%12ccc%13sc%14ccc(-n%15c%16ccccc%16c%16cc(-n%17c%18ccccc%18c%18ccc%19c%20ccccc%20oc%19c%18%17)ccc%16%15)cc%14c%13c%12)n%11)cc%10)cccc9c8cc76)ccc54)cc3)n2)cc1. The summed E-state index contributed by atoms with van der Waals surface area (Å²) in [5.41, 5.74) is 23.9. The fraction of sp³-hybridized carbons (Fsp3) is 0. The number of nitrogens with zero attached hydrogens (tertiary/aromatic N) is 10. The molecule has 17 aromatic carbocycles. The summed E-state index contributed by atoms with van der Waals surface area (Å²) in [5, 5.41) is 15.8. The average molecular weight is 1560 g/mol. The van der Waals surface area contributed by atoms with Crippen molar-refractivity contribution in [3.8, 4) is 102 Å². The highest BCUT2D eigenvalue weighted by Gasteiger charge is 2.26. The van der Waals surface area contributed by atoms with Crippen molar-refractivity contribution in [1.82, 2.24) is 48.2 Å². The van der Waals surface area contributed by atoms with Gasteiger partial charge >= 0.3 is 0 Å². The molecule has 121 heavy (non-hydrogen) atoms. The minimum atomic E-state index is 0.578. The number of benzene rings is 17. The van der Waals surface area contributed by atoms with E-state index in [0.29, 0.717) is 34.9 Å². The molecular weight excluding hydrogens is 1500 g/mol. The van der Waals surface area contributed by atoms with Crippen molar-refractivity contribution in [2.45, 2.75) is 0 Å². The number of para-hydroxylation sites is 6. The van der Waals surface area contributed by atoms with E-state index in [9.17, 15) is 0 Å². The Balaban J connectivity index is 0.537. The van der Waals surface area contributed by atoms with Crippen LogP contribution in [0, 0.1) is 0 Å². The standard InChI is InChI=1S/C108H62N10O2S/c1-4-21-64(22-5-1)103-109-104(65-23-6-2-7-24-65)111-107(110-103)68-43-46-70(47-44-68)115-89-34-15-11-28-76(89)83-58-71(48-53-93(83)115)117-91-36-17-13-30-78(91)85-62-97-86(61-95(85)117)81-33-20-32-74(101(81)120-97)63-39-41-67(42-40-63)106-112-105(66-25-8-3-9-26-66)113-108(114-106)69-45-55-98-87(57-69)88-60-72(50-56-99(88)121-98)116-90-35-16-12-29-77(90)84-59-73(49-54-94(84)116)118-92-37-18-10-27-75(92)80-51-52-82-79-31-14-19-38-96(79)119-102(82)100(80)118/h1-62H. The molecule has 13 heteroatoms. The van der Waals surface area contributed by atoms with E-state index in [1.807, 2.05) is 84.9 Å². The Morgan fingerprint density at radius 1 is 0.190 bits per heavy atom. The second-order valence-electron chi connectivity index (χ2n) is 31.2. The molecule has 0 spiro atoms. The maximum Gasteiger partial charge on any atom is 0.164 e. The summed E-state index contributed by atoms with van der Waals surface area (Å²) in [6.45, 7) is 0. The minimum Gasteiger partial charge on any atom is -0.455 e. The van der Waals surface area contributed by atoms with E-state index >= 15 is 0 Å². The number of rotatable bonds is 11. The molecule has 0 unspecified atom stereocenters. The number of furan rings is 2. The second kappa shape index (κ2) is 26.1. The van der Waals surface area contributed by atoms with Gasteiger partial charge < -0.3 is 27.1 Å². The van der Waals surface area contributed by atoms with Crippen molar-refractivity contribution < 1.29 is 8.83 Å². The van der Waals surface area contributed by atoms with Gasteiger partial charge in [-0.05, 0) is 151 Å². The highest BCUT2D eigenvalue weighted by atomic mass is 32.1. The fourth-order valence-electron chi connectivity index (χ4n) is 18.9. The van der Waals surface area contributed by atoms with Crippen LogP contribution >= 0.6 is 11.3 Å². The third kappa shape index (κ3) is 10.4. The molecule has 9 heterocycles. The summed E-state index contributed by atoms with van der Waals surface area (Å²) in [5.74, 6) is 3.63. The highest BCUT2D eigenvalue weighted by molar-refractivity contribution is 7.25. The second-order valence-corrected chi connectivity index (χ2v) is 32.3. The topological polar surface area (TPSA) is 123 Å². The molecule has 562 valence electrons. The number of hydrogen-bond donors (Lipinski definition) is 0. The zero-order chi connectivity index (χ0) is 79.1. The molecule has 0 atom stereocenters. The predicted octanol–water partition coefficient (Wildman–Crippen LogP) is 28.3. The van der Waals surface area contributed by atoms with Gasteiger partial charge in [0.15, 0.2) is 40.5 Å². The lowest BCUT2D eigenvalue weighted by molar-refractivity contribution is 0.670. The zero-order valence-electron chi connectivity index (χ0n) is 64.5. The van der Waals surface area contributed by atoms with Gasteiger partial charge in [0, 0.05) is 147 Å². The maximum absolute atomic E-state index is 7.09. The molecule has 0 saturated carbocycles. The first-order valence-electron chi connectivity index (χ1n) is 40.6. The smallest absolute Gasteiger partial charge is 0.164 e. The summed E-state index contributed by atoms with van der Waals surface area (Å²) in [6, 6.07) is 134. The zero-order valence-corrected chi connectivity index (χ0v) is 65.3. The lowest BCUT2D eigenvalue weighted by Gasteiger charge is -2.11. The quantitative estimate of drug-likeness (QED) is 0.125. The molecule has 0 N–H and O–H groups in total. The molecular formula is C108H62N10O2S. The fourth-order valence-corrected chi connectivity index (χ4v) is 20.0. The summed E-state index contributed by atoms with van der Waals surface area (Å²) in [6.07, 6.45) is 0. The Hall–Kier alpha value is -16.2. The Labute approximate surface area is 693 Å². The van der Waals surface area contributed by atoms with Gasteiger partial charge in [-0.2, -0.15) is 0 Å². The van der Waals surface area contributed by atoms with Crippen molar-refractivity contribution in [1.29, 1.82) is 0 Å². The molecule has 12 nitrogen and oxygen atoms in total. The van der Waals surface area contributed by atoms with Gasteiger partial charge in [0.2, 0.25) is 0 Å². The highest BCUT2D eigenvalue weighted by Crippen LogP contribution is 2.47. The van der Waals surface area contributed by atoms with Crippen LogP contribution in [0.4, 0.5) is 0 Å². The molecule has 0 aliphatic carbocycles. The first kappa shape index (κ1) is 67.0. The number of aromatic nitrogens is 10. The molecule has 0 amide bonds. The van der Waals surface area contributed by atoms with Crippen molar-refractivity contribution in [3.05, 3.63) is 376 Å². The maximum atomic E-state index is 7.09. The Bertz CT molecular complexity index is 8780. The third-order valence-corrected chi connectivity index (χ3v) is 25.6. The molecule has 9 aromatic heterocycles. The molecule has 0 aliphatic rings. The van der Waals surface area contributed by atoms with Crippen LogP contribution in [-0.4, -0.2) is 48.2 Å². The van der Waals surface area contributed by atoms with Crippen LogP contribution in [0.1, 0.15) is 0 Å². The Morgan fingerprint density at radius 3 is 1.12 bits per heavy atom. The van der Waals surface area contributed by atoms with E-state index in [2.05, 4.69) is 309 Å². The van der Waals surface area contributed by atoms with Crippen LogP contribution in [0.5, 0.6) is 0 Å². The molecule has 0 bridgehead atoms. The Morgan fingerprint density at radius 2 is 0.554 bits per heavy atom. The normalized spacial score (nSPS) is 12.1. The van der Waals surface area contributed by atoms with Crippen LogP contribution in [0.3, 0.4) is 0 Å². The van der Waals surface area contributed by atoms with Crippen LogP contribution in [0.25, 0.3) is 253 Å². The van der Waals surface area contributed by atoms with Gasteiger partial charge in [0.25, 0.3) is 0 Å². The predicted molar refractivity (Wildman–Crippen MR) is 496 cm³/mol. The van der Waals surface area contributed by atoms with E-state index in [1.165, 1.54) is 25.6 Å². The lowest BCUT2D eigenvalue weighted by Crippen LogP contribution is -2.00. The van der Waals surface area contributed by atoms with Crippen molar-refractivity contribution in [3.63, 3.8) is 0 Å². The first-order valence-corrected chi connectivity index (χ1v) is 41.4. The van der Waals surface area contributed by atoms with E-state index in [-0.39, 0.29) is 0 Å². The Kier molecular flexibility index (Phi) is 14.5. The van der Waals surface area contributed by atoms with Gasteiger partial charge in [-0.3, -0.25) is 0 Å². The van der Waals surface area contributed by atoms with Gasteiger partial charge in [-0.1, -0.05) is 231 Å². The van der Waals surface area contributed by atoms with E-state index < -0.39 is 0 Å². The summed E-state index contributed by atoms with van der Waals surface area (Å²) >= 11 is 1.80. The first-order chi connectivity index (χ1) is 59.9. The van der Waals surface area contributed by atoms with Crippen molar-refractivity contribution in [2.75, 3.05) is 0 Å². The van der Waals surface area contributed by atoms with E-state index in [1.54, 1.807) is 11.3 Å². The summed E-state index contributed by atoms with van der Waals surface area (Å²) in [7, 11) is 0. The number of thiophene rings is 1. The monoisotopic (exact) mass is 1560 g/mol. The van der Waals surface area contributed by atoms with Crippen LogP contribution in [-0.2, 0) is 0 Å². The largest absolute Gasteiger partial charge is 0.455 e. The molecule has 0 fully saturated rings. The summed E-state index contributed by atoms with van der Waals surface area (Å²) in [4.78, 5) is 30.9.